The molecule has 1 saturated carbocycles. The van der Waals surface area contributed by atoms with Crippen LogP contribution in [0.1, 0.15) is 58.3 Å². The largest absolute Gasteiger partial charge is 0.101 e. The molecule has 0 amide bonds. The maximum Gasteiger partial charge on any atom is 0.101 e. The Morgan fingerprint density at radius 2 is 1.92 bits per heavy atom. The van der Waals surface area contributed by atoms with Crippen LogP contribution in [-0.4, -0.2) is 7.85 Å². The lowest BCUT2D eigenvalue weighted by molar-refractivity contribution is 0.406. The first kappa shape index (κ1) is 11.1. The smallest absolute Gasteiger partial charge is 0.0811 e. The third kappa shape index (κ3) is 4.74. The molecule has 1 rings (SSSR count). The average Bonchev–Trinajstić information content (AvgIpc) is 2.32. The average molecular weight is 180 g/mol. The Morgan fingerprint density at radius 3 is 2.69 bits per heavy atom. The lowest BCUT2D eigenvalue weighted by Crippen LogP contribution is -1.98. The predicted octanol–water partition coefficient (Wildman–Crippen LogP) is 3.42. The second-order valence-corrected chi connectivity index (χ2v) is 4.98. The summed E-state index contributed by atoms with van der Waals surface area (Å²) in [5.41, 5.74) is 0. The van der Waals surface area contributed by atoms with Gasteiger partial charge in [0.25, 0.3) is 0 Å². The Hall–Kier alpha value is 0.0649. The van der Waals surface area contributed by atoms with E-state index in [0.29, 0.717) is 0 Å². The van der Waals surface area contributed by atoms with Crippen LogP contribution in [0.3, 0.4) is 0 Å². The first-order valence-corrected chi connectivity index (χ1v) is 6.33. The lowest BCUT2D eigenvalue weighted by atomic mass is 9.91. The molecule has 0 bridgehead atoms. The molecule has 0 N–H and O–H groups in total. The highest BCUT2D eigenvalue weighted by atomic mass is 14.2. The topological polar surface area (TPSA) is 0 Å². The van der Waals surface area contributed by atoms with Crippen molar-refractivity contribution in [2.45, 2.75) is 64.6 Å². The van der Waals surface area contributed by atoms with Crippen LogP contribution in [0.4, 0.5) is 0 Å². The fraction of sp³-hybridized carbons (Fsp3) is 1.00. The van der Waals surface area contributed by atoms with Crippen LogP contribution in [0.15, 0.2) is 0 Å². The van der Waals surface area contributed by atoms with Gasteiger partial charge in [0.2, 0.25) is 0 Å². The first-order valence-electron chi connectivity index (χ1n) is 6.33. The molecule has 2 atom stereocenters. The second kappa shape index (κ2) is 6.51. The van der Waals surface area contributed by atoms with Crippen LogP contribution in [0.5, 0.6) is 0 Å². The van der Waals surface area contributed by atoms with Crippen molar-refractivity contribution in [1.29, 1.82) is 0 Å². The summed E-state index contributed by atoms with van der Waals surface area (Å²) in [6.45, 7) is 2.43. The molecule has 1 fully saturated rings. The zero-order valence-electron chi connectivity index (χ0n) is 9.52. The van der Waals surface area contributed by atoms with Gasteiger partial charge in [0, 0.05) is 0 Å². The zero-order chi connectivity index (χ0) is 9.52. The van der Waals surface area contributed by atoms with Crippen LogP contribution in [-0.2, 0) is 0 Å². The number of hydrogen-bond donors (Lipinski definition) is 0. The molecule has 0 aromatic rings. The van der Waals surface area contributed by atoms with E-state index in [9.17, 15) is 0 Å². The predicted molar refractivity (Wildman–Crippen MR) is 62.9 cm³/mol. The summed E-state index contributed by atoms with van der Waals surface area (Å²) in [5.74, 6) is 2.09. The van der Waals surface area contributed by atoms with Gasteiger partial charge in [-0.3, -0.25) is 0 Å². The van der Waals surface area contributed by atoms with Crippen LogP contribution >= 0.6 is 0 Å². The van der Waals surface area contributed by atoms with Gasteiger partial charge in [0.1, 0.15) is 7.85 Å². The van der Waals surface area contributed by atoms with Crippen molar-refractivity contribution in [3.05, 3.63) is 0 Å². The van der Waals surface area contributed by atoms with Crippen molar-refractivity contribution in [1.82, 2.24) is 0 Å². The Labute approximate surface area is 84.9 Å². The van der Waals surface area contributed by atoms with Crippen molar-refractivity contribution >= 4 is 7.85 Å². The summed E-state index contributed by atoms with van der Waals surface area (Å²) >= 11 is 0. The normalized spacial score (nSPS) is 29.9. The van der Waals surface area contributed by atoms with Crippen molar-refractivity contribution < 1.29 is 0 Å². The van der Waals surface area contributed by atoms with Gasteiger partial charge in [-0.25, -0.2) is 0 Å². The van der Waals surface area contributed by atoms with Crippen LogP contribution in [0.2, 0.25) is 6.32 Å². The zero-order valence-corrected chi connectivity index (χ0v) is 9.52. The van der Waals surface area contributed by atoms with E-state index in [1.54, 1.807) is 0 Å². The van der Waals surface area contributed by atoms with Crippen molar-refractivity contribution in [3.8, 4) is 0 Å². The van der Waals surface area contributed by atoms with E-state index < -0.39 is 0 Å². The second-order valence-electron chi connectivity index (χ2n) is 4.98. The third-order valence-electron chi connectivity index (χ3n) is 3.59. The molecule has 0 nitrogen and oxygen atoms in total. The summed E-state index contributed by atoms with van der Waals surface area (Å²) in [5, 5.41) is 0. The molecule has 1 heteroatoms. The number of rotatable bonds is 4. The minimum absolute atomic E-state index is 1.01. The highest BCUT2D eigenvalue weighted by molar-refractivity contribution is 6.08. The molecule has 2 unspecified atom stereocenters. The summed E-state index contributed by atoms with van der Waals surface area (Å²) in [7, 11) is 2.30. The highest BCUT2D eigenvalue weighted by Gasteiger charge is 2.15. The van der Waals surface area contributed by atoms with E-state index in [1.807, 2.05) is 0 Å². The van der Waals surface area contributed by atoms with E-state index in [0.717, 1.165) is 11.8 Å². The van der Waals surface area contributed by atoms with Crippen molar-refractivity contribution in [3.63, 3.8) is 0 Å². The van der Waals surface area contributed by atoms with E-state index in [4.69, 9.17) is 0 Å². The fourth-order valence-corrected chi connectivity index (χ4v) is 2.54. The van der Waals surface area contributed by atoms with Gasteiger partial charge in [-0.1, -0.05) is 64.6 Å². The molecule has 0 aromatic heterocycles. The minimum Gasteiger partial charge on any atom is -0.0811 e. The first-order chi connectivity index (χ1) is 6.33. The Kier molecular flexibility index (Phi) is 5.58. The van der Waals surface area contributed by atoms with E-state index in [1.165, 1.54) is 57.7 Å². The van der Waals surface area contributed by atoms with Crippen LogP contribution in [0, 0.1) is 11.8 Å². The quantitative estimate of drug-likeness (QED) is 0.353. The van der Waals surface area contributed by atoms with Gasteiger partial charge in [0.05, 0.1) is 0 Å². The SMILES string of the molecule is BCCCCC1CCCC(C)CC1. The van der Waals surface area contributed by atoms with E-state index in [2.05, 4.69) is 14.8 Å². The molecule has 76 valence electrons. The maximum absolute atomic E-state index is 2.43. The fourth-order valence-electron chi connectivity index (χ4n) is 2.54. The van der Waals surface area contributed by atoms with E-state index >= 15 is 0 Å². The number of unbranched alkanes of at least 4 members (excludes halogenated alkanes) is 1. The molecule has 0 aliphatic heterocycles. The van der Waals surface area contributed by atoms with E-state index in [-0.39, 0.29) is 0 Å². The third-order valence-corrected chi connectivity index (χ3v) is 3.59. The van der Waals surface area contributed by atoms with Gasteiger partial charge in [-0.05, 0) is 11.8 Å². The van der Waals surface area contributed by atoms with Gasteiger partial charge >= 0.3 is 0 Å². The Balaban J connectivity index is 2.11. The molecule has 0 spiro atoms. The molecule has 0 heterocycles. The molecule has 0 aromatic carbocycles. The Bertz CT molecular complexity index is 122. The minimum atomic E-state index is 1.01. The monoisotopic (exact) mass is 180 g/mol. The maximum atomic E-state index is 2.43. The van der Waals surface area contributed by atoms with Gasteiger partial charge in [-0.15, -0.1) is 0 Å². The molecule has 1 aliphatic carbocycles. The molecular weight excluding hydrogens is 155 g/mol. The van der Waals surface area contributed by atoms with Crippen LogP contribution < -0.4 is 0 Å². The standard InChI is InChI=1S/C12H25B/c1-11-5-4-7-12(9-8-11)6-2-3-10-13/h11-12H,2-10,13H2,1H3. The van der Waals surface area contributed by atoms with Crippen LogP contribution in [0.25, 0.3) is 0 Å². The van der Waals surface area contributed by atoms with Crippen molar-refractivity contribution in [2.24, 2.45) is 11.8 Å². The molecular formula is C12H25B. The highest BCUT2D eigenvalue weighted by Crippen LogP contribution is 2.29. The van der Waals surface area contributed by atoms with Gasteiger partial charge in [-0.2, -0.15) is 0 Å². The molecule has 0 radical (unpaired) electrons. The molecule has 0 saturated heterocycles. The van der Waals surface area contributed by atoms with Gasteiger partial charge in [0.15, 0.2) is 0 Å². The lowest BCUT2D eigenvalue weighted by Gasteiger charge is -2.13. The summed E-state index contributed by atoms with van der Waals surface area (Å²) in [6.07, 6.45) is 13.4. The Morgan fingerprint density at radius 1 is 1.08 bits per heavy atom. The number of hydrogen-bond acceptors (Lipinski definition) is 0. The molecule has 1 aliphatic rings. The molecule has 13 heavy (non-hydrogen) atoms. The summed E-state index contributed by atoms with van der Waals surface area (Å²) < 4.78 is 0. The summed E-state index contributed by atoms with van der Waals surface area (Å²) in [6, 6.07) is 0. The van der Waals surface area contributed by atoms with Gasteiger partial charge < -0.3 is 0 Å². The van der Waals surface area contributed by atoms with Crippen molar-refractivity contribution in [2.75, 3.05) is 0 Å². The summed E-state index contributed by atoms with van der Waals surface area (Å²) in [4.78, 5) is 0.